The first-order valence-electron chi connectivity index (χ1n) is 14.1. The van der Waals surface area contributed by atoms with Crippen LogP contribution >= 0.6 is 0 Å². The van der Waals surface area contributed by atoms with Gasteiger partial charge >= 0.3 is 0 Å². The summed E-state index contributed by atoms with van der Waals surface area (Å²) in [5, 5.41) is 0. The molecule has 0 heteroatoms. The van der Waals surface area contributed by atoms with Crippen LogP contribution in [0.25, 0.3) is 0 Å². The van der Waals surface area contributed by atoms with Crippen LogP contribution in [0.2, 0.25) is 0 Å². The number of hydrogen-bond donors (Lipinski definition) is 0. The molecule has 170 valence electrons. The molecule has 0 aliphatic heterocycles. The Balaban J connectivity index is 1.48. The van der Waals surface area contributed by atoms with Gasteiger partial charge in [0.2, 0.25) is 0 Å². The van der Waals surface area contributed by atoms with Crippen molar-refractivity contribution in [3.05, 3.63) is 0 Å². The summed E-state index contributed by atoms with van der Waals surface area (Å²) in [5.74, 6) is 8.27. The summed E-state index contributed by atoms with van der Waals surface area (Å²) in [5.41, 5.74) is 0. The molecule has 0 radical (unpaired) electrons. The average Bonchev–Trinajstić information content (AvgIpc) is 2.74. The van der Waals surface area contributed by atoms with E-state index in [1.807, 2.05) is 0 Å². The fourth-order valence-corrected chi connectivity index (χ4v) is 7.69. The Morgan fingerprint density at radius 3 is 1.72 bits per heavy atom. The molecule has 0 nitrogen and oxygen atoms in total. The van der Waals surface area contributed by atoms with Crippen molar-refractivity contribution in [2.45, 2.75) is 137 Å². The maximum Gasteiger partial charge on any atom is -0.0360 e. The molecular formula is C29H54. The van der Waals surface area contributed by atoms with Gasteiger partial charge in [0.25, 0.3) is 0 Å². The highest BCUT2D eigenvalue weighted by molar-refractivity contribution is 4.84. The average molecular weight is 403 g/mol. The highest BCUT2D eigenvalue weighted by atomic mass is 14.4. The van der Waals surface area contributed by atoms with Crippen LogP contribution in [-0.2, 0) is 0 Å². The predicted molar refractivity (Wildman–Crippen MR) is 129 cm³/mol. The largest absolute Gasteiger partial charge is 0.0651 e. The highest BCUT2D eigenvalue weighted by Gasteiger charge is 2.33. The number of rotatable bonds is 5. The molecule has 0 N–H and O–H groups in total. The summed E-state index contributed by atoms with van der Waals surface area (Å²) in [4.78, 5) is 0. The standard InChI is InChI=1S/C29H54/c1-5-24-9-7-8-23(4)29(19-16-25(6-2)20-24)28-17-14-27(15-18-28)21-26-12-10-22(3)11-13-26/h22-29H,5-21H2,1-4H3. The van der Waals surface area contributed by atoms with Gasteiger partial charge in [-0.3, -0.25) is 0 Å². The Labute approximate surface area is 184 Å². The van der Waals surface area contributed by atoms with E-state index < -0.39 is 0 Å². The third-order valence-corrected chi connectivity index (χ3v) is 10.0. The van der Waals surface area contributed by atoms with E-state index in [1.165, 1.54) is 70.6 Å². The van der Waals surface area contributed by atoms with Crippen molar-refractivity contribution in [1.29, 1.82) is 0 Å². The zero-order chi connectivity index (χ0) is 20.6. The first-order chi connectivity index (χ1) is 14.1. The summed E-state index contributed by atoms with van der Waals surface area (Å²) >= 11 is 0. The van der Waals surface area contributed by atoms with E-state index in [4.69, 9.17) is 0 Å². The van der Waals surface area contributed by atoms with Crippen molar-refractivity contribution in [2.24, 2.45) is 47.3 Å². The fourth-order valence-electron chi connectivity index (χ4n) is 7.69. The van der Waals surface area contributed by atoms with E-state index in [2.05, 4.69) is 27.7 Å². The Morgan fingerprint density at radius 2 is 1.10 bits per heavy atom. The third kappa shape index (κ3) is 7.28. The second-order valence-electron chi connectivity index (χ2n) is 12.1. The lowest BCUT2D eigenvalue weighted by Crippen LogP contribution is -2.29. The van der Waals surface area contributed by atoms with Crippen molar-refractivity contribution in [1.82, 2.24) is 0 Å². The molecule has 3 aliphatic carbocycles. The van der Waals surface area contributed by atoms with Gasteiger partial charge in [0.15, 0.2) is 0 Å². The summed E-state index contributed by atoms with van der Waals surface area (Å²) in [7, 11) is 0. The molecule has 4 unspecified atom stereocenters. The molecule has 4 atom stereocenters. The van der Waals surface area contributed by atoms with Crippen LogP contribution in [0.5, 0.6) is 0 Å². The van der Waals surface area contributed by atoms with Crippen LogP contribution in [0.15, 0.2) is 0 Å². The second kappa shape index (κ2) is 12.1. The van der Waals surface area contributed by atoms with E-state index in [-0.39, 0.29) is 0 Å². The second-order valence-corrected chi connectivity index (χ2v) is 12.1. The predicted octanol–water partition coefficient (Wildman–Crippen LogP) is 9.67. The van der Waals surface area contributed by atoms with E-state index in [0.717, 1.165) is 47.3 Å². The molecule has 0 aromatic rings. The molecule has 0 amide bonds. The van der Waals surface area contributed by atoms with Gasteiger partial charge in [-0.25, -0.2) is 0 Å². The van der Waals surface area contributed by atoms with Crippen molar-refractivity contribution in [3.63, 3.8) is 0 Å². The number of hydrogen-bond acceptors (Lipinski definition) is 0. The van der Waals surface area contributed by atoms with Crippen LogP contribution < -0.4 is 0 Å². The van der Waals surface area contributed by atoms with Gasteiger partial charge in [0.05, 0.1) is 0 Å². The Hall–Kier alpha value is 0. The SMILES string of the molecule is CCC1CCCC(C)C(C2CCC(CC3CCC(C)CC3)CC2)CCC(CC)C1. The summed E-state index contributed by atoms with van der Waals surface area (Å²) in [6.45, 7) is 9.98. The molecule has 29 heavy (non-hydrogen) atoms. The minimum atomic E-state index is 0.976. The lowest BCUT2D eigenvalue weighted by molar-refractivity contribution is 0.115. The van der Waals surface area contributed by atoms with Gasteiger partial charge in [-0.1, -0.05) is 105 Å². The minimum Gasteiger partial charge on any atom is -0.0651 e. The molecule has 3 aliphatic rings. The van der Waals surface area contributed by atoms with Crippen molar-refractivity contribution >= 4 is 0 Å². The monoisotopic (exact) mass is 402 g/mol. The van der Waals surface area contributed by atoms with Crippen LogP contribution in [-0.4, -0.2) is 0 Å². The quantitative estimate of drug-likeness (QED) is 0.429. The van der Waals surface area contributed by atoms with Gasteiger partial charge in [-0.05, 0) is 79.4 Å². The maximum absolute atomic E-state index is 2.63. The van der Waals surface area contributed by atoms with E-state index in [0.29, 0.717) is 0 Å². The molecule has 0 saturated heterocycles. The van der Waals surface area contributed by atoms with Crippen LogP contribution in [0.3, 0.4) is 0 Å². The lowest BCUT2D eigenvalue weighted by Gasteiger charge is -2.40. The fraction of sp³-hybridized carbons (Fsp3) is 1.00. The van der Waals surface area contributed by atoms with E-state index in [9.17, 15) is 0 Å². The van der Waals surface area contributed by atoms with Crippen molar-refractivity contribution in [3.8, 4) is 0 Å². The van der Waals surface area contributed by atoms with Crippen LogP contribution in [0.1, 0.15) is 137 Å². The molecule has 3 fully saturated rings. The normalized spacial score (nSPS) is 43.0. The highest BCUT2D eigenvalue weighted by Crippen LogP contribution is 2.44. The first kappa shape index (κ1) is 23.7. The molecule has 0 aromatic carbocycles. The molecule has 0 aromatic heterocycles. The van der Waals surface area contributed by atoms with Gasteiger partial charge in [0, 0.05) is 0 Å². The zero-order valence-electron chi connectivity index (χ0n) is 20.6. The summed E-state index contributed by atoms with van der Waals surface area (Å²) < 4.78 is 0. The van der Waals surface area contributed by atoms with Gasteiger partial charge in [0.1, 0.15) is 0 Å². The smallest absolute Gasteiger partial charge is 0.0360 e. The van der Waals surface area contributed by atoms with Crippen LogP contribution in [0, 0.1) is 47.3 Å². The van der Waals surface area contributed by atoms with E-state index in [1.54, 1.807) is 38.5 Å². The Kier molecular flexibility index (Phi) is 9.91. The van der Waals surface area contributed by atoms with Crippen molar-refractivity contribution < 1.29 is 0 Å². The van der Waals surface area contributed by atoms with Gasteiger partial charge in [-0.2, -0.15) is 0 Å². The lowest BCUT2D eigenvalue weighted by atomic mass is 9.66. The Bertz CT molecular complexity index is 423. The van der Waals surface area contributed by atoms with Gasteiger partial charge < -0.3 is 0 Å². The van der Waals surface area contributed by atoms with Crippen molar-refractivity contribution in [2.75, 3.05) is 0 Å². The zero-order valence-corrected chi connectivity index (χ0v) is 20.6. The van der Waals surface area contributed by atoms with Crippen LogP contribution in [0.4, 0.5) is 0 Å². The maximum atomic E-state index is 2.63. The minimum absolute atomic E-state index is 0.976. The van der Waals surface area contributed by atoms with Gasteiger partial charge in [-0.15, -0.1) is 0 Å². The van der Waals surface area contributed by atoms with E-state index >= 15 is 0 Å². The first-order valence-corrected chi connectivity index (χ1v) is 14.1. The third-order valence-electron chi connectivity index (χ3n) is 10.0. The molecule has 0 bridgehead atoms. The summed E-state index contributed by atoms with van der Waals surface area (Å²) in [6, 6.07) is 0. The summed E-state index contributed by atoms with van der Waals surface area (Å²) in [6.07, 6.45) is 25.9. The molecule has 3 rings (SSSR count). The molecule has 0 heterocycles. The topological polar surface area (TPSA) is 0 Å². The molecule has 3 saturated carbocycles. The molecular weight excluding hydrogens is 348 g/mol. The molecule has 0 spiro atoms. The Morgan fingerprint density at radius 1 is 0.552 bits per heavy atom.